The van der Waals surface area contributed by atoms with Crippen LogP contribution in [0.5, 0.6) is 0 Å². The first kappa shape index (κ1) is 14.3. The molecule has 1 amide bonds. The minimum Gasteiger partial charge on any atom is -0.366 e. The second kappa shape index (κ2) is 4.51. The predicted molar refractivity (Wildman–Crippen MR) is 49.7 cm³/mol. The number of carbonyl (C=O) groups is 1. The second-order valence-corrected chi connectivity index (χ2v) is 3.53. The molecule has 18 heavy (non-hydrogen) atoms. The van der Waals surface area contributed by atoms with E-state index in [2.05, 4.69) is 0 Å². The summed E-state index contributed by atoms with van der Waals surface area (Å²) in [5.74, 6) is -1.33. The van der Waals surface area contributed by atoms with E-state index in [1.807, 2.05) is 0 Å². The number of amides is 1. The summed E-state index contributed by atoms with van der Waals surface area (Å²) in [6.45, 7) is 0. The molecule has 0 aliphatic heterocycles. The maximum absolute atomic E-state index is 12.3. The summed E-state index contributed by atoms with van der Waals surface area (Å²) in [4.78, 5) is 10.9. The lowest BCUT2D eigenvalue weighted by atomic mass is 10.0. The summed E-state index contributed by atoms with van der Waals surface area (Å²) in [6.07, 6.45) is -10.9. The molecule has 1 rings (SSSR count). The minimum absolute atomic E-state index is 0.323. The molecular formula is C10H7F6NO. The first-order valence-electron chi connectivity index (χ1n) is 4.57. The van der Waals surface area contributed by atoms with Gasteiger partial charge < -0.3 is 5.73 Å². The molecule has 2 nitrogen and oxygen atoms in total. The average Bonchev–Trinajstić information content (AvgIpc) is 2.13. The predicted octanol–water partition coefficient (Wildman–Crippen LogP) is 2.91. The average molecular weight is 271 g/mol. The van der Waals surface area contributed by atoms with E-state index >= 15 is 0 Å². The number of primary amides is 1. The van der Waals surface area contributed by atoms with E-state index in [1.54, 1.807) is 0 Å². The van der Waals surface area contributed by atoms with Crippen LogP contribution in [0.2, 0.25) is 0 Å². The van der Waals surface area contributed by atoms with Crippen LogP contribution < -0.4 is 5.73 Å². The molecule has 2 N–H and O–H groups in total. The number of benzene rings is 1. The van der Waals surface area contributed by atoms with Crippen molar-refractivity contribution in [2.45, 2.75) is 18.8 Å². The largest absolute Gasteiger partial charge is 0.416 e. The monoisotopic (exact) mass is 271 g/mol. The number of alkyl halides is 6. The lowest BCUT2D eigenvalue weighted by Gasteiger charge is -2.13. The van der Waals surface area contributed by atoms with Gasteiger partial charge in [-0.25, -0.2) is 0 Å². The number of hydrogen-bond donors (Lipinski definition) is 1. The Labute approximate surface area is 97.4 Å². The highest BCUT2D eigenvalue weighted by molar-refractivity contribution is 5.94. The van der Waals surface area contributed by atoms with Gasteiger partial charge in [-0.15, -0.1) is 0 Å². The molecule has 0 saturated heterocycles. The van der Waals surface area contributed by atoms with Gasteiger partial charge >= 0.3 is 12.4 Å². The molecule has 0 aliphatic carbocycles. The van der Waals surface area contributed by atoms with Gasteiger partial charge in [-0.05, 0) is 17.7 Å². The van der Waals surface area contributed by atoms with Gasteiger partial charge in [0.15, 0.2) is 0 Å². The van der Waals surface area contributed by atoms with E-state index in [1.165, 1.54) is 0 Å². The number of hydrogen-bond acceptors (Lipinski definition) is 1. The zero-order valence-corrected chi connectivity index (χ0v) is 8.69. The molecule has 0 atom stereocenters. The zero-order valence-electron chi connectivity index (χ0n) is 8.69. The van der Waals surface area contributed by atoms with Gasteiger partial charge in [-0.2, -0.15) is 26.3 Å². The maximum atomic E-state index is 12.3. The van der Waals surface area contributed by atoms with E-state index in [0.29, 0.717) is 18.2 Å². The molecule has 1 aromatic carbocycles. The van der Waals surface area contributed by atoms with E-state index in [4.69, 9.17) is 5.73 Å². The summed E-state index contributed by atoms with van der Waals surface area (Å²) in [5, 5.41) is 0. The Morgan fingerprint density at radius 1 is 1.11 bits per heavy atom. The summed E-state index contributed by atoms with van der Waals surface area (Å²) in [6, 6.07) is 1.41. The van der Waals surface area contributed by atoms with E-state index in [-0.39, 0.29) is 0 Å². The van der Waals surface area contributed by atoms with Crippen LogP contribution in [0.1, 0.15) is 21.5 Å². The third-order valence-corrected chi connectivity index (χ3v) is 2.09. The minimum atomic E-state index is -4.75. The third-order valence-electron chi connectivity index (χ3n) is 2.09. The van der Waals surface area contributed by atoms with Crippen LogP contribution >= 0.6 is 0 Å². The van der Waals surface area contributed by atoms with Crippen LogP contribution in [0.4, 0.5) is 26.3 Å². The van der Waals surface area contributed by atoms with E-state index in [0.717, 1.165) is 0 Å². The summed E-state index contributed by atoms with van der Waals surface area (Å²) in [5.41, 5.74) is 2.20. The maximum Gasteiger partial charge on any atom is 0.416 e. The fourth-order valence-corrected chi connectivity index (χ4v) is 1.35. The number of nitrogens with two attached hydrogens (primary N) is 1. The van der Waals surface area contributed by atoms with Crippen molar-refractivity contribution in [1.82, 2.24) is 0 Å². The fraction of sp³-hybridized carbons (Fsp3) is 0.300. The topological polar surface area (TPSA) is 43.1 Å². The lowest BCUT2D eigenvalue weighted by molar-refractivity contribution is -0.137. The second-order valence-electron chi connectivity index (χ2n) is 3.53. The molecule has 8 heteroatoms. The normalized spacial score (nSPS) is 12.6. The molecule has 0 aromatic heterocycles. The van der Waals surface area contributed by atoms with Crippen LogP contribution in [0.25, 0.3) is 0 Å². The van der Waals surface area contributed by atoms with Gasteiger partial charge in [0.05, 0.1) is 12.0 Å². The van der Waals surface area contributed by atoms with Gasteiger partial charge in [-0.3, -0.25) is 4.79 Å². The number of carbonyl (C=O) groups excluding carboxylic acids is 1. The molecule has 100 valence electrons. The number of halogens is 6. The van der Waals surface area contributed by atoms with Crippen molar-refractivity contribution in [3.8, 4) is 0 Å². The summed E-state index contributed by atoms with van der Waals surface area (Å²) < 4.78 is 73.4. The summed E-state index contributed by atoms with van der Waals surface area (Å²) >= 11 is 0. The van der Waals surface area contributed by atoms with Crippen molar-refractivity contribution < 1.29 is 31.1 Å². The van der Waals surface area contributed by atoms with Gasteiger partial charge in [0.25, 0.3) is 0 Å². The lowest BCUT2D eigenvalue weighted by Crippen LogP contribution is -2.20. The Morgan fingerprint density at radius 3 is 2.06 bits per heavy atom. The highest BCUT2D eigenvalue weighted by atomic mass is 19.4. The van der Waals surface area contributed by atoms with Crippen LogP contribution in [0.15, 0.2) is 18.2 Å². The molecule has 0 heterocycles. The Balaban J connectivity index is 3.26. The molecule has 0 radical (unpaired) electrons. The SMILES string of the molecule is NC(=O)c1cc(C(F)(F)F)ccc1CC(F)(F)F. The first-order valence-corrected chi connectivity index (χ1v) is 4.57. The van der Waals surface area contributed by atoms with Crippen LogP contribution in [0, 0.1) is 0 Å². The molecule has 0 spiro atoms. The van der Waals surface area contributed by atoms with Crippen LogP contribution in [-0.4, -0.2) is 12.1 Å². The van der Waals surface area contributed by atoms with E-state index in [9.17, 15) is 31.1 Å². The molecule has 0 aliphatic rings. The van der Waals surface area contributed by atoms with Crippen LogP contribution in [0.3, 0.4) is 0 Å². The third kappa shape index (κ3) is 3.64. The Bertz CT molecular complexity index is 462. The Hall–Kier alpha value is -1.73. The molecule has 0 saturated carbocycles. The van der Waals surface area contributed by atoms with Gasteiger partial charge in [-0.1, -0.05) is 6.07 Å². The molecule has 0 fully saturated rings. The molecule has 0 unspecified atom stereocenters. The summed E-state index contributed by atoms with van der Waals surface area (Å²) in [7, 11) is 0. The van der Waals surface area contributed by atoms with Gasteiger partial charge in [0, 0.05) is 5.56 Å². The first-order chi connectivity index (χ1) is 8.00. The highest BCUT2D eigenvalue weighted by Crippen LogP contribution is 2.32. The van der Waals surface area contributed by atoms with Crippen LogP contribution in [-0.2, 0) is 12.6 Å². The Morgan fingerprint density at radius 2 is 1.67 bits per heavy atom. The van der Waals surface area contributed by atoms with Gasteiger partial charge in [0.2, 0.25) is 5.91 Å². The highest BCUT2D eigenvalue weighted by Gasteiger charge is 2.34. The van der Waals surface area contributed by atoms with Crippen molar-refractivity contribution in [3.63, 3.8) is 0 Å². The zero-order chi connectivity index (χ0) is 14.1. The van der Waals surface area contributed by atoms with Gasteiger partial charge in [0.1, 0.15) is 0 Å². The van der Waals surface area contributed by atoms with Crippen molar-refractivity contribution in [2.24, 2.45) is 5.73 Å². The standard InChI is InChI=1S/C10H7F6NO/c11-9(12,13)4-5-1-2-6(10(14,15)16)3-7(5)8(17)18/h1-3H,4H2,(H2,17,18). The Kier molecular flexibility index (Phi) is 3.59. The van der Waals surface area contributed by atoms with Crippen molar-refractivity contribution in [1.29, 1.82) is 0 Å². The van der Waals surface area contributed by atoms with E-state index < -0.39 is 41.4 Å². The smallest absolute Gasteiger partial charge is 0.366 e. The van der Waals surface area contributed by atoms with Crippen molar-refractivity contribution in [2.75, 3.05) is 0 Å². The van der Waals surface area contributed by atoms with Crippen molar-refractivity contribution >= 4 is 5.91 Å². The quantitative estimate of drug-likeness (QED) is 0.826. The molecule has 1 aromatic rings. The fourth-order valence-electron chi connectivity index (χ4n) is 1.35. The number of rotatable bonds is 2. The van der Waals surface area contributed by atoms with Crippen molar-refractivity contribution in [3.05, 3.63) is 34.9 Å². The molecular weight excluding hydrogens is 264 g/mol. The molecule has 0 bridgehead atoms.